The van der Waals surface area contributed by atoms with Gasteiger partial charge in [0.1, 0.15) is 5.60 Å². The lowest BCUT2D eigenvalue weighted by Crippen LogP contribution is -2.39. The third-order valence-electron chi connectivity index (χ3n) is 6.10. The number of benzene rings is 3. The molecule has 6 heteroatoms. The summed E-state index contributed by atoms with van der Waals surface area (Å²) in [6.07, 6.45) is 0.377. The minimum absolute atomic E-state index is 0.0923. The van der Waals surface area contributed by atoms with Gasteiger partial charge in [0.05, 0.1) is 17.0 Å². The summed E-state index contributed by atoms with van der Waals surface area (Å²) < 4.78 is 5.58. The van der Waals surface area contributed by atoms with Gasteiger partial charge in [0.25, 0.3) is 0 Å². The predicted molar refractivity (Wildman–Crippen MR) is 138 cm³/mol. The van der Waals surface area contributed by atoms with Crippen LogP contribution in [-0.4, -0.2) is 38.9 Å². The summed E-state index contributed by atoms with van der Waals surface area (Å²) in [6, 6.07) is 23.7. The summed E-state index contributed by atoms with van der Waals surface area (Å²) in [5, 5.41) is 11.8. The summed E-state index contributed by atoms with van der Waals surface area (Å²) in [6.45, 7) is 6.67. The molecule has 6 nitrogen and oxygen atoms in total. The number of aromatic amines is 1. The number of nitrogens with one attached hydrogen (secondary N) is 1. The second-order valence-electron chi connectivity index (χ2n) is 9.79. The predicted octanol–water partition coefficient (Wildman–Crippen LogP) is 6.34. The molecule has 2 heterocycles. The Kier molecular flexibility index (Phi) is 5.81. The first-order valence-electron chi connectivity index (χ1n) is 11.8. The smallest absolute Gasteiger partial charge is 0.410 e. The van der Waals surface area contributed by atoms with Gasteiger partial charge < -0.3 is 19.7 Å². The number of carbonyl (C=O) groups excluding carboxylic acids is 1. The first-order valence-corrected chi connectivity index (χ1v) is 11.8. The van der Waals surface area contributed by atoms with Crippen molar-refractivity contribution in [2.45, 2.75) is 39.3 Å². The van der Waals surface area contributed by atoms with Crippen molar-refractivity contribution < 1.29 is 14.6 Å². The number of rotatable bonds is 3. The molecule has 4 aromatic rings. The third-order valence-corrected chi connectivity index (χ3v) is 6.10. The van der Waals surface area contributed by atoms with Gasteiger partial charge in [0, 0.05) is 29.6 Å². The maximum atomic E-state index is 12.6. The topological polar surface area (TPSA) is 77.9 Å². The van der Waals surface area contributed by atoms with Gasteiger partial charge in [-0.15, -0.1) is 0 Å². The highest BCUT2D eigenvalue weighted by Crippen LogP contribution is 2.34. The van der Waals surface area contributed by atoms with E-state index in [1.807, 2.05) is 93.6 Å². The molecule has 0 unspecified atom stereocenters. The molecule has 1 amide bonds. The lowest BCUT2D eigenvalue weighted by Gasteiger charge is -2.31. The number of nitrogens with zero attached hydrogens (tertiary/aromatic N) is 2. The van der Waals surface area contributed by atoms with Crippen molar-refractivity contribution in [2.75, 3.05) is 6.54 Å². The number of ether oxygens (including phenoxy) is 1. The Morgan fingerprint density at radius 2 is 1.74 bits per heavy atom. The average Bonchev–Trinajstić information content (AvgIpc) is 3.17. The molecule has 0 saturated heterocycles. The molecule has 0 radical (unpaired) electrons. The second-order valence-corrected chi connectivity index (χ2v) is 9.79. The number of aromatic nitrogens is 1. The molecule has 1 aromatic heterocycles. The van der Waals surface area contributed by atoms with Gasteiger partial charge in [0.2, 0.25) is 0 Å². The van der Waals surface area contributed by atoms with E-state index >= 15 is 0 Å². The van der Waals surface area contributed by atoms with E-state index in [4.69, 9.17) is 9.73 Å². The minimum atomic E-state index is -0.532. The summed E-state index contributed by atoms with van der Waals surface area (Å²) >= 11 is 0. The van der Waals surface area contributed by atoms with Crippen LogP contribution >= 0.6 is 0 Å². The summed E-state index contributed by atoms with van der Waals surface area (Å²) in [5.74, 6) is 0.0923. The molecular formula is C29H29N3O3. The van der Waals surface area contributed by atoms with Crippen molar-refractivity contribution in [2.24, 2.45) is 4.99 Å². The Morgan fingerprint density at radius 3 is 2.51 bits per heavy atom. The van der Waals surface area contributed by atoms with Crippen molar-refractivity contribution in [1.29, 1.82) is 0 Å². The molecule has 0 aliphatic carbocycles. The Bertz CT molecular complexity index is 1410. The van der Waals surface area contributed by atoms with Crippen LogP contribution in [0, 0.1) is 0 Å². The van der Waals surface area contributed by atoms with Crippen molar-refractivity contribution in [1.82, 2.24) is 9.88 Å². The third kappa shape index (κ3) is 4.64. The number of hydrogen-bond donors (Lipinski definition) is 2. The van der Waals surface area contributed by atoms with Crippen LogP contribution in [0.2, 0.25) is 0 Å². The largest absolute Gasteiger partial charge is 0.494 e. The van der Waals surface area contributed by atoms with Crippen molar-refractivity contribution >= 4 is 28.4 Å². The van der Waals surface area contributed by atoms with Gasteiger partial charge in [-0.3, -0.25) is 0 Å². The highest BCUT2D eigenvalue weighted by molar-refractivity contribution is 6.21. The number of para-hydroxylation sites is 1. The van der Waals surface area contributed by atoms with Crippen LogP contribution in [0.25, 0.3) is 10.9 Å². The zero-order valence-corrected chi connectivity index (χ0v) is 20.2. The molecule has 1 aliphatic heterocycles. The number of aromatic hydroxyl groups is 1. The van der Waals surface area contributed by atoms with Crippen LogP contribution in [0.4, 0.5) is 10.5 Å². The molecular weight excluding hydrogens is 438 g/mol. The average molecular weight is 468 g/mol. The highest BCUT2D eigenvalue weighted by Gasteiger charge is 2.27. The monoisotopic (exact) mass is 467 g/mol. The molecule has 5 rings (SSSR count). The summed E-state index contributed by atoms with van der Waals surface area (Å²) in [5.41, 5.74) is 5.62. The Hall–Kier alpha value is -4.06. The maximum Gasteiger partial charge on any atom is 0.410 e. The van der Waals surface area contributed by atoms with Gasteiger partial charge in [-0.05, 0) is 50.5 Å². The molecule has 0 saturated carbocycles. The fraction of sp³-hybridized carbons (Fsp3) is 0.241. The molecule has 2 N–H and O–H groups in total. The second kappa shape index (κ2) is 8.95. The van der Waals surface area contributed by atoms with Crippen LogP contribution in [0.1, 0.15) is 43.0 Å². The fourth-order valence-electron chi connectivity index (χ4n) is 4.53. The van der Waals surface area contributed by atoms with Gasteiger partial charge in [0.15, 0.2) is 5.88 Å². The first-order chi connectivity index (χ1) is 16.8. The van der Waals surface area contributed by atoms with E-state index in [-0.39, 0.29) is 12.0 Å². The zero-order chi connectivity index (χ0) is 24.6. The summed E-state index contributed by atoms with van der Waals surface area (Å²) in [7, 11) is 0. The Balaban J connectivity index is 1.58. The van der Waals surface area contributed by atoms with Crippen LogP contribution in [0.5, 0.6) is 5.88 Å². The molecule has 0 spiro atoms. The number of hydrogen-bond acceptors (Lipinski definition) is 4. The minimum Gasteiger partial charge on any atom is -0.494 e. The van der Waals surface area contributed by atoms with E-state index in [1.54, 1.807) is 4.90 Å². The molecule has 0 fully saturated rings. The van der Waals surface area contributed by atoms with Crippen molar-refractivity contribution in [3.05, 3.63) is 95.1 Å². The first kappa shape index (κ1) is 22.7. The highest BCUT2D eigenvalue weighted by atomic mass is 16.6. The Morgan fingerprint density at radius 1 is 1.00 bits per heavy atom. The van der Waals surface area contributed by atoms with Gasteiger partial charge in [-0.2, -0.15) is 0 Å². The van der Waals surface area contributed by atoms with E-state index in [0.717, 1.165) is 33.3 Å². The van der Waals surface area contributed by atoms with Gasteiger partial charge in [-0.1, -0.05) is 60.7 Å². The van der Waals surface area contributed by atoms with Crippen LogP contribution < -0.4 is 0 Å². The number of carbonyl (C=O) groups is 1. The lowest BCUT2D eigenvalue weighted by molar-refractivity contribution is 0.0224. The lowest BCUT2D eigenvalue weighted by atomic mass is 9.97. The molecule has 35 heavy (non-hydrogen) atoms. The molecule has 178 valence electrons. The SMILES string of the molecule is CC(C)(C)OC(=O)N1CCc2c(cccc2N=C(c2ccccc2)c2c(O)[nH]c3ccccc23)C1. The quantitative estimate of drug-likeness (QED) is 0.345. The van der Waals surface area contributed by atoms with E-state index in [0.29, 0.717) is 30.8 Å². The van der Waals surface area contributed by atoms with Gasteiger partial charge in [-0.25, -0.2) is 9.79 Å². The summed E-state index contributed by atoms with van der Waals surface area (Å²) in [4.78, 5) is 22.6. The van der Waals surface area contributed by atoms with E-state index in [2.05, 4.69) is 4.98 Å². The van der Waals surface area contributed by atoms with E-state index in [1.165, 1.54) is 0 Å². The zero-order valence-electron chi connectivity index (χ0n) is 20.2. The van der Waals surface area contributed by atoms with Crippen LogP contribution in [-0.2, 0) is 17.7 Å². The van der Waals surface area contributed by atoms with Crippen molar-refractivity contribution in [3.8, 4) is 5.88 Å². The van der Waals surface area contributed by atoms with E-state index < -0.39 is 5.60 Å². The normalized spacial score (nSPS) is 14.1. The standard InChI is InChI=1S/C29H29N3O3/c1-29(2,3)35-28(34)32-17-16-21-20(18-32)12-9-15-23(21)30-26(19-10-5-4-6-11-19)25-22-13-7-8-14-24(22)31-27(25)33/h4-15,31,33H,16-18H2,1-3H3. The number of H-pyrrole nitrogens is 1. The number of amides is 1. The number of fused-ring (bicyclic) bond motifs is 2. The molecule has 0 bridgehead atoms. The Labute approximate surface area is 204 Å². The fourth-order valence-corrected chi connectivity index (χ4v) is 4.53. The van der Waals surface area contributed by atoms with Crippen LogP contribution in [0.15, 0.2) is 77.8 Å². The van der Waals surface area contributed by atoms with Crippen LogP contribution in [0.3, 0.4) is 0 Å². The van der Waals surface area contributed by atoms with E-state index in [9.17, 15) is 9.90 Å². The molecule has 3 aromatic carbocycles. The van der Waals surface area contributed by atoms with Crippen molar-refractivity contribution in [3.63, 3.8) is 0 Å². The molecule has 1 aliphatic rings. The molecule has 0 atom stereocenters. The van der Waals surface area contributed by atoms with Gasteiger partial charge >= 0.3 is 6.09 Å². The maximum absolute atomic E-state index is 12.6. The number of aliphatic imine (C=N–C) groups is 1.